The van der Waals surface area contributed by atoms with Crippen LogP contribution in [0.3, 0.4) is 0 Å². The van der Waals surface area contributed by atoms with Crippen LogP contribution in [0.4, 0.5) is 5.69 Å². The van der Waals surface area contributed by atoms with Crippen molar-refractivity contribution in [2.24, 2.45) is 10.9 Å². The summed E-state index contributed by atoms with van der Waals surface area (Å²) in [7, 11) is 1.83. The Hall–Kier alpha value is -2.59. The van der Waals surface area contributed by atoms with Crippen LogP contribution in [0.15, 0.2) is 82.1 Å². The van der Waals surface area contributed by atoms with Gasteiger partial charge >= 0.3 is 0 Å². The SMILES string of the molecule is CC/C=C(\C=NC)C1=CC=C2C(Nc3ccc4[nH]sc4c3)=CC=CC21. The summed E-state index contributed by atoms with van der Waals surface area (Å²) in [6.07, 6.45) is 16.2. The molecule has 1 atom stereocenters. The summed E-state index contributed by atoms with van der Waals surface area (Å²) in [6, 6.07) is 6.44. The normalized spacial score (nSPS) is 20.0. The Morgan fingerprint density at radius 3 is 2.96 bits per heavy atom. The maximum atomic E-state index is 4.23. The number of benzene rings is 1. The van der Waals surface area contributed by atoms with Gasteiger partial charge in [0.2, 0.25) is 0 Å². The second kappa shape index (κ2) is 6.73. The minimum absolute atomic E-state index is 0.297. The zero-order valence-corrected chi connectivity index (χ0v) is 15.2. The minimum Gasteiger partial charge on any atom is -0.355 e. The van der Waals surface area contributed by atoms with E-state index in [1.165, 1.54) is 32.6 Å². The quantitative estimate of drug-likeness (QED) is 0.678. The van der Waals surface area contributed by atoms with E-state index in [4.69, 9.17) is 0 Å². The molecule has 0 spiro atoms. The van der Waals surface area contributed by atoms with E-state index in [9.17, 15) is 0 Å². The average molecular weight is 347 g/mol. The Bertz CT molecular complexity index is 976. The zero-order chi connectivity index (χ0) is 17.2. The Morgan fingerprint density at radius 1 is 1.32 bits per heavy atom. The number of hydrogen-bond acceptors (Lipinski definition) is 3. The first-order chi connectivity index (χ1) is 12.3. The Labute approximate surface area is 152 Å². The predicted molar refractivity (Wildman–Crippen MR) is 109 cm³/mol. The summed E-state index contributed by atoms with van der Waals surface area (Å²) in [5.74, 6) is 0.297. The van der Waals surface area contributed by atoms with Crippen molar-refractivity contribution in [2.45, 2.75) is 13.3 Å². The molecule has 0 saturated heterocycles. The largest absolute Gasteiger partial charge is 0.355 e. The fourth-order valence-electron chi connectivity index (χ4n) is 3.36. The molecule has 4 heteroatoms. The van der Waals surface area contributed by atoms with E-state index in [0.717, 1.165) is 12.1 Å². The number of aliphatic imine (C=N–C) groups is 1. The molecule has 2 N–H and O–H groups in total. The van der Waals surface area contributed by atoms with E-state index >= 15 is 0 Å². The molecule has 3 nitrogen and oxygen atoms in total. The summed E-state index contributed by atoms with van der Waals surface area (Å²) >= 11 is 1.67. The monoisotopic (exact) mass is 347 g/mol. The van der Waals surface area contributed by atoms with E-state index < -0.39 is 0 Å². The third-order valence-electron chi connectivity index (χ3n) is 4.55. The molecule has 4 rings (SSSR count). The van der Waals surface area contributed by atoms with E-state index in [1.807, 2.05) is 13.3 Å². The fraction of sp³-hybridized carbons (Fsp3) is 0.190. The molecule has 2 aliphatic carbocycles. The number of H-pyrrole nitrogens is 1. The molecule has 0 saturated carbocycles. The summed E-state index contributed by atoms with van der Waals surface area (Å²) in [6.45, 7) is 2.16. The van der Waals surface area contributed by atoms with Crippen LogP contribution >= 0.6 is 11.5 Å². The number of nitrogens with one attached hydrogen (secondary N) is 2. The van der Waals surface area contributed by atoms with Gasteiger partial charge in [0, 0.05) is 30.6 Å². The van der Waals surface area contributed by atoms with Gasteiger partial charge in [-0.15, -0.1) is 0 Å². The van der Waals surface area contributed by atoms with Gasteiger partial charge in [0.15, 0.2) is 0 Å². The molecule has 126 valence electrons. The molecular weight excluding hydrogens is 326 g/mol. The Kier molecular flexibility index (Phi) is 4.28. The number of aromatic nitrogens is 1. The van der Waals surface area contributed by atoms with Gasteiger partial charge in [-0.1, -0.05) is 48.8 Å². The van der Waals surface area contributed by atoms with Gasteiger partial charge < -0.3 is 9.69 Å². The topological polar surface area (TPSA) is 40.2 Å². The van der Waals surface area contributed by atoms with Crippen LogP contribution in [0.25, 0.3) is 10.2 Å². The fourth-order valence-corrected chi connectivity index (χ4v) is 4.02. The number of fused-ring (bicyclic) bond motifs is 2. The van der Waals surface area contributed by atoms with Gasteiger partial charge in [-0.3, -0.25) is 4.99 Å². The third-order valence-corrected chi connectivity index (χ3v) is 5.43. The van der Waals surface area contributed by atoms with Crippen LogP contribution in [0.2, 0.25) is 0 Å². The standard InChI is InChI=1S/C21H21N3S/c1-3-5-14(13-22-2)16-9-10-18-17(16)6-4-7-19(18)23-15-8-11-20-21(12-15)25-24-20/h4-13,17,23-24H,3H2,1-2H3/b14-5+,22-13?. The molecule has 1 aromatic heterocycles. The molecule has 0 radical (unpaired) electrons. The lowest BCUT2D eigenvalue weighted by molar-refractivity contribution is 0.933. The zero-order valence-electron chi connectivity index (χ0n) is 14.4. The number of nitrogens with zero attached hydrogens (tertiary/aromatic N) is 1. The lowest BCUT2D eigenvalue weighted by Gasteiger charge is -2.23. The summed E-state index contributed by atoms with van der Waals surface area (Å²) in [5, 5.41) is 3.59. The number of allylic oxidation sites excluding steroid dienone is 9. The maximum Gasteiger partial charge on any atom is 0.0704 e. The van der Waals surface area contributed by atoms with Crippen molar-refractivity contribution >= 4 is 33.7 Å². The number of rotatable bonds is 5. The van der Waals surface area contributed by atoms with Crippen molar-refractivity contribution in [1.82, 2.24) is 4.37 Å². The smallest absolute Gasteiger partial charge is 0.0704 e. The van der Waals surface area contributed by atoms with Gasteiger partial charge in [-0.05, 0) is 47.4 Å². The van der Waals surface area contributed by atoms with Gasteiger partial charge in [0.25, 0.3) is 0 Å². The first-order valence-corrected chi connectivity index (χ1v) is 9.39. The van der Waals surface area contributed by atoms with Crippen LogP contribution in [-0.2, 0) is 0 Å². The van der Waals surface area contributed by atoms with E-state index in [1.54, 1.807) is 11.5 Å². The van der Waals surface area contributed by atoms with Crippen molar-refractivity contribution < 1.29 is 0 Å². The average Bonchev–Trinajstić information content (AvgIpc) is 3.02. The second-order valence-electron chi connectivity index (χ2n) is 6.18. The second-order valence-corrected chi connectivity index (χ2v) is 7.03. The lowest BCUT2D eigenvalue weighted by Crippen LogP contribution is -2.13. The first kappa shape index (κ1) is 15.9. The van der Waals surface area contributed by atoms with Crippen molar-refractivity contribution in [3.63, 3.8) is 0 Å². The molecule has 25 heavy (non-hydrogen) atoms. The number of aromatic amines is 1. The third kappa shape index (κ3) is 2.94. The Balaban J connectivity index is 1.57. The van der Waals surface area contributed by atoms with E-state index in [2.05, 4.69) is 76.3 Å². The number of anilines is 1. The summed E-state index contributed by atoms with van der Waals surface area (Å²) in [5.41, 5.74) is 7.36. The van der Waals surface area contributed by atoms with Gasteiger partial charge in [0.1, 0.15) is 0 Å². The predicted octanol–water partition coefficient (Wildman–Crippen LogP) is 5.61. The van der Waals surface area contributed by atoms with Crippen LogP contribution in [0.5, 0.6) is 0 Å². The van der Waals surface area contributed by atoms with Gasteiger partial charge in [0.05, 0.1) is 10.2 Å². The highest BCUT2D eigenvalue weighted by atomic mass is 32.1. The highest BCUT2D eigenvalue weighted by molar-refractivity contribution is 7.15. The van der Waals surface area contributed by atoms with Crippen LogP contribution in [0, 0.1) is 5.92 Å². The maximum absolute atomic E-state index is 4.23. The molecule has 1 unspecified atom stereocenters. The highest BCUT2D eigenvalue weighted by Gasteiger charge is 2.26. The van der Waals surface area contributed by atoms with Gasteiger partial charge in [-0.25, -0.2) is 0 Å². The summed E-state index contributed by atoms with van der Waals surface area (Å²) in [4.78, 5) is 4.23. The molecule has 0 aliphatic heterocycles. The number of hydrogen-bond donors (Lipinski definition) is 2. The first-order valence-electron chi connectivity index (χ1n) is 8.57. The molecule has 1 heterocycles. The minimum atomic E-state index is 0.297. The van der Waals surface area contributed by atoms with Crippen molar-refractivity contribution in [1.29, 1.82) is 0 Å². The molecule has 0 fully saturated rings. The van der Waals surface area contributed by atoms with Crippen LogP contribution < -0.4 is 5.32 Å². The molecule has 0 bridgehead atoms. The van der Waals surface area contributed by atoms with Gasteiger partial charge in [-0.2, -0.15) is 0 Å². The molecule has 0 amide bonds. The molecular formula is C21H21N3S. The Morgan fingerprint density at radius 2 is 2.24 bits per heavy atom. The summed E-state index contributed by atoms with van der Waals surface area (Å²) < 4.78 is 4.52. The molecule has 1 aromatic carbocycles. The van der Waals surface area contributed by atoms with Crippen molar-refractivity contribution in [3.8, 4) is 0 Å². The van der Waals surface area contributed by atoms with Crippen molar-refractivity contribution in [3.05, 3.63) is 77.1 Å². The van der Waals surface area contributed by atoms with Crippen LogP contribution in [-0.4, -0.2) is 17.6 Å². The van der Waals surface area contributed by atoms with E-state index in [-0.39, 0.29) is 0 Å². The molecule has 2 aliphatic rings. The molecule has 2 aromatic rings. The lowest BCUT2D eigenvalue weighted by atomic mass is 9.86. The van der Waals surface area contributed by atoms with Crippen LogP contribution in [0.1, 0.15) is 13.3 Å². The highest BCUT2D eigenvalue weighted by Crippen LogP contribution is 2.39. The van der Waals surface area contributed by atoms with Crippen molar-refractivity contribution in [2.75, 3.05) is 12.4 Å². The van der Waals surface area contributed by atoms with E-state index in [0.29, 0.717) is 5.92 Å².